The first-order chi connectivity index (χ1) is 12.6. The van der Waals surface area contributed by atoms with E-state index in [4.69, 9.17) is 4.74 Å². The molecule has 3 heteroatoms. The number of Topliss-reactive ketones (excluding diaryl/α,β-unsaturated/α-hetero) is 1. The first-order valence-corrected chi connectivity index (χ1v) is 11.0. The zero-order chi connectivity index (χ0) is 20.6. The van der Waals surface area contributed by atoms with Crippen molar-refractivity contribution >= 4 is 21.7 Å². The lowest BCUT2D eigenvalue weighted by molar-refractivity contribution is -0.125. The Morgan fingerprint density at radius 1 is 1.08 bits per heavy atom. The van der Waals surface area contributed by atoms with Crippen LogP contribution in [0.5, 0.6) is 5.75 Å². The third-order valence-corrected chi connectivity index (χ3v) is 5.02. The number of alkyl halides is 1. The summed E-state index contributed by atoms with van der Waals surface area (Å²) < 4.78 is 5.33. The van der Waals surface area contributed by atoms with Crippen molar-refractivity contribution in [1.82, 2.24) is 0 Å². The molecule has 2 nitrogen and oxygen atoms in total. The number of hydrogen-bond acceptors (Lipinski definition) is 2. The summed E-state index contributed by atoms with van der Waals surface area (Å²) >= 11 is 3.46. The molecule has 0 saturated heterocycles. The van der Waals surface area contributed by atoms with Crippen molar-refractivity contribution < 1.29 is 9.53 Å². The van der Waals surface area contributed by atoms with Gasteiger partial charge >= 0.3 is 0 Å². The fourth-order valence-corrected chi connectivity index (χ4v) is 3.51. The second-order valence-corrected chi connectivity index (χ2v) is 6.57. The van der Waals surface area contributed by atoms with Crippen LogP contribution >= 0.6 is 15.9 Å². The molecule has 0 saturated carbocycles. The third-order valence-electron chi connectivity index (χ3n) is 4.46. The number of ether oxygens (including phenoxy) is 1. The second-order valence-electron chi connectivity index (χ2n) is 5.78. The highest BCUT2D eigenvalue weighted by molar-refractivity contribution is 9.09. The van der Waals surface area contributed by atoms with Gasteiger partial charge in [-0.1, -0.05) is 62.5 Å². The van der Waals surface area contributed by atoms with Gasteiger partial charge in [0.05, 0.1) is 12.5 Å². The third kappa shape index (κ3) is 7.65. The fourth-order valence-electron chi connectivity index (χ4n) is 3.11. The van der Waals surface area contributed by atoms with Crippen molar-refractivity contribution in [2.75, 3.05) is 12.4 Å². The summed E-state index contributed by atoms with van der Waals surface area (Å²) in [6, 6.07) is 6.19. The smallest absolute Gasteiger partial charge is 0.143 e. The molecule has 0 heterocycles. The maximum Gasteiger partial charge on any atom is 0.143 e. The van der Waals surface area contributed by atoms with Gasteiger partial charge in [-0.25, -0.2) is 0 Å². The molecule has 0 radical (unpaired) electrons. The van der Waals surface area contributed by atoms with Gasteiger partial charge in [0, 0.05) is 11.8 Å². The number of carbonyl (C=O) groups excluding carboxylic acids is 1. The summed E-state index contributed by atoms with van der Waals surface area (Å²) in [5.74, 6) is 1.24. The minimum Gasteiger partial charge on any atom is -0.497 e. The molecule has 0 spiro atoms. The molecule has 1 atom stereocenters. The fraction of sp³-hybridized carbons (Fsp3) is 0.609. The Kier molecular flexibility index (Phi) is 16.8. The van der Waals surface area contributed by atoms with E-state index in [-0.39, 0.29) is 5.41 Å². The molecular weight excluding hydrogens is 388 g/mol. The molecule has 0 bridgehead atoms. The monoisotopic (exact) mass is 426 g/mol. The van der Waals surface area contributed by atoms with Gasteiger partial charge in [-0.15, -0.1) is 13.2 Å². The van der Waals surface area contributed by atoms with Gasteiger partial charge in [0.2, 0.25) is 0 Å². The van der Waals surface area contributed by atoms with E-state index in [2.05, 4.69) is 48.1 Å². The van der Waals surface area contributed by atoms with E-state index in [1.54, 1.807) is 7.11 Å². The first-order valence-electron chi connectivity index (χ1n) is 9.88. The van der Waals surface area contributed by atoms with Crippen molar-refractivity contribution in [2.45, 2.75) is 78.6 Å². The molecule has 0 fully saturated rings. The number of fused-ring (bicyclic) bond motifs is 1. The van der Waals surface area contributed by atoms with Gasteiger partial charge in [-0.05, 0) is 49.4 Å². The summed E-state index contributed by atoms with van der Waals surface area (Å²) in [7, 11) is 1.68. The summed E-state index contributed by atoms with van der Waals surface area (Å²) in [5.41, 5.74) is 2.18. The molecule has 2 rings (SSSR count). The van der Waals surface area contributed by atoms with Gasteiger partial charge in [-0.3, -0.25) is 4.79 Å². The Morgan fingerprint density at radius 2 is 1.69 bits per heavy atom. The van der Waals surface area contributed by atoms with Gasteiger partial charge in [0.1, 0.15) is 11.5 Å². The Hall–Kier alpha value is -1.09. The van der Waals surface area contributed by atoms with Crippen LogP contribution in [0.2, 0.25) is 0 Å². The SMILES string of the molecule is C=C.CC.CC.COc1ccc2c(c1)C(C)(CCCCCBr)C(=O)CC2. The van der Waals surface area contributed by atoms with E-state index in [9.17, 15) is 4.79 Å². The van der Waals surface area contributed by atoms with Crippen LogP contribution in [0.15, 0.2) is 31.4 Å². The summed E-state index contributed by atoms with van der Waals surface area (Å²) in [4.78, 5) is 12.5. The number of hydrogen-bond donors (Lipinski definition) is 0. The van der Waals surface area contributed by atoms with Crippen LogP contribution in [0.25, 0.3) is 0 Å². The molecular formula is C23H39BrO2. The predicted octanol–water partition coefficient (Wildman–Crippen LogP) is 7.28. The average molecular weight is 427 g/mol. The number of halogens is 1. The standard InChI is InChI=1S/C17H23BrO2.2C2H6.C2H4/c1-17(10-4-3-5-11-18)15-12-14(20-2)8-6-13(15)7-9-16(17)19;3*1-2/h6,8,12H,3-5,7,9-11H2,1-2H3;2*1-2H3;1-2H2. The van der Waals surface area contributed by atoms with Crippen LogP contribution in [0.3, 0.4) is 0 Å². The van der Waals surface area contributed by atoms with E-state index in [1.165, 1.54) is 24.0 Å². The van der Waals surface area contributed by atoms with Crippen molar-refractivity contribution in [1.29, 1.82) is 0 Å². The van der Waals surface area contributed by atoms with Crippen LogP contribution < -0.4 is 4.74 Å². The molecule has 1 aliphatic rings. The minimum atomic E-state index is -0.325. The van der Waals surface area contributed by atoms with E-state index < -0.39 is 0 Å². The lowest BCUT2D eigenvalue weighted by Gasteiger charge is -2.35. The van der Waals surface area contributed by atoms with Crippen molar-refractivity contribution in [3.8, 4) is 5.75 Å². The quantitative estimate of drug-likeness (QED) is 0.271. The normalized spacial score (nSPS) is 17.3. The molecule has 0 aromatic heterocycles. The zero-order valence-electron chi connectivity index (χ0n) is 17.8. The number of rotatable bonds is 6. The Balaban J connectivity index is 0. The average Bonchev–Trinajstić information content (AvgIpc) is 2.73. The van der Waals surface area contributed by atoms with Crippen molar-refractivity contribution in [3.05, 3.63) is 42.5 Å². The highest BCUT2D eigenvalue weighted by Crippen LogP contribution is 2.40. The van der Waals surface area contributed by atoms with Gasteiger partial charge in [-0.2, -0.15) is 0 Å². The molecule has 0 aliphatic heterocycles. The topological polar surface area (TPSA) is 26.3 Å². The Labute approximate surface area is 170 Å². The molecule has 1 unspecified atom stereocenters. The lowest BCUT2D eigenvalue weighted by atomic mass is 9.67. The Morgan fingerprint density at radius 3 is 2.23 bits per heavy atom. The number of benzene rings is 1. The molecule has 150 valence electrons. The minimum absolute atomic E-state index is 0.325. The lowest BCUT2D eigenvalue weighted by Crippen LogP contribution is -2.37. The summed E-state index contributed by atoms with van der Waals surface area (Å²) in [6.07, 6.45) is 5.94. The maximum atomic E-state index is 12.5. The number of methoxy groups -OCH3 is 1. The number of aryl methyl sites for hydroxylation is 1. The van der Waals surface area contributed by atoms with Gasteiger partial charge < -0.3 is 4.74 Å². The summed E-state index contributed by atoms with van der Waals surface area (Å²) in [5, 5.41) is 1.04. The summed E-state index contributed by atoms with van der Waals surface area (Å²) in [6.45, 7) is 16.1. The van der Waals surface area contributed by atoms with Crippen LogP contribution in [0.4, 0.5) is 0 Å². The van der Waals surface area contributed by atoms with Crippen LogP contribution in [0, 0.1) is 0 Å². The van der Waals surface area contributed by atoms with E-state index in [1.807, 2.05) is 33.8 Å². The largest absolute Gasteiger partial charge is 0.497 e. The highest BCUT2D eigenvalue weighted by Gasteiger charge is 2.38. The van der Waals surface area contributed by atoms with Crippen LogP contribution in [-0.2, 0) is 16.6 Å². The number of carbonyl (C=O) groups is 1. The van der Waals surface area contributed by atoms with Crippen LogP contribution in [0.1, 0.15) is 77.8 Å². The second kappa shape index (κ2) is 16.1. The zero-order valence-corrected chi connectivity index (χ0v) is 19.4. The highest BCUT2D eigenvalue weighted by atomic mass is 79.9. The molecule has 26 heavy (non-hydrogen) atoms. The molecule has 1 aromatic rings. The van der Waals surface area contributed by atoms with Gasteiger partial charge in [0.25, 0.3) is 0 Å². The van der Waals surface area contributed by atoms with E-state index >= 15 is 0 Å². The number of unbranched alkanes of at least 4 members (excludes halogenated alkanes) is 2. The molecule has 1 aromatic carbocycles. The molecule has 0 N–H and O–H groups in total. The van der Waals surface area contributed by atoms with Crippen LogP contribution in [-0.4, -0.2) is 18.2 Å². The molecule has 0 amide bonds. The first kappa shape index (κ1) is 27.1. The predicted molar refractivity (Wildman–Crippen MR) is 120 cm³/mol. The maximum absolute atomic E-state index is 12.5. The number of ketones is 1. The van der Waals surface area contributed by atoms with E-state index in [0.717, 1.165) is 30.3 Å². The van der Waals surface area contributed by atoms with Crippen molar-refractivity contribution in [2.24, 2.45) is 0 Å². The van der Waals surface area contributed by atoms with Crippen molar-refractivity contribution in [3.63, 3.8) is 0 Å². The Bertz CT molecular complexity index is 499. The van der Waals surface area contributed by atoms with E-state index in [0.29, 0.717) is 12.2 Å². The van der Waals surface area contributed by atoms with Gasteiger partial charge in [0.15, 0.2) is 0 Å². The molecule has 1 aliphatic carbocycles.